The highest BCUT2D eigenvalue weighted by molar-refractivity contribution is 9.10. The highest BCUT2D eigenvalue weighted by atomic mass is 79.9. The fourth-order valence-corrected chi connectivity index (χ4v) is 2.85. The van der Waals surface area contributed by atoms with Gasteiger partial charge in [-0.1, -0.05) is 28.1 Å². The minimum atomic E-state index is -0.230. The quantitative estimate of drug-likeness (QED) is 0.856. The van der Waals surface area contributed by atoms with Crippen molar-refractivity contribution < 1.29 is 4.74 Å². The monoisotopic (exact) mass is 387 g/mol. The number of hydrogen-bond donors (Lipinski definition) is 1. The third kappa shape index (κ3) is 3.45. The van der Waals surface area contributed by atoms with Crippen molar-refractivity contribution in [1.29, 1.82) is 0 Å². The van der Waals surface area contributed by atoms with Crippen LogP contribution in [0.15, 0.2) is 39.4 Å². The van der Waals surface area contributed by atoms with Crippen LogP contribution in [0.5, 0.6) is 0 Å². The van der Waals surface area contributed by atoms with E-state index in [4.69, 9.17) is 10.5 Å². The van der Waals surface area contributed by atoms with E-state index in [1.54, 1.807) is 13.3 Å². The molecule has 0 radical (unpaired) electrons. The van der Waals surface area contributed by atoms with Gasteiger partial charge >= 0.3 is 0 Å². The molecule has 2 aromatic rings. The summed E-state index contributed by atoms with van der Waals surface area (Å²) in [5.41, 5.74) is 8.34. The molecule has 1 aromatic heterocycles. The number of hydrogen-bond acceptors (Lipinski definition) is 3. The number of methoxy groups -OCH3 is 1. The standard InChI is InChI=1S/C13H15Br2N3O/c1-19-6-5-18-13(11(15)8-17-18)12(16)9-3-2-4-10(14)7-9/h2-4,7-8,12H,5-6,16H2,1H3. The molecule has 0 aliphatic heterocycles. The van der Waals surface area contributed by atoms with E-state index in [-0.39, 0.29) is 6.04 Å². The molecule has 0 fully saturated rings. The predicted octanol–water partition coefficient (Wildman–Crippen LogP) is 3.10. The zero-order chi connectivity index (χ0) is 13.8. The van der Waals surface area contributed by atoms with E-state index in [0.717, 1.165) is 20.2 Å². The summed E-state index contributed by atoms with van der Waals surface area (Å²) in [7, 11) is 1.67. The molecule has 2 N–H and O–H groups in total. The maximum atomic E-state index is 6.35. The van der Waals surface area contributed by atoms with Crippen molar-refractivity contribution in [2.45, 2.75) is 12.6 Å². The summed E-state index contributed by atoms with van der Waals surface area (Å²) in [5, 5.41) is 4.32. The van der Waals surface area contributed by atoms with E-state index in [9.17, 15) is 0 Å². The van der Waals surface area contributed by atoms with Crippen LogP contribution >= 0.6 is 31.9 Å². The van der Waals surface area contributed by atoms with Crippen molar-refractivity contribution in [1.82, 2.24) is 9.78 Å². The van der Waals surface area contributed by atoms with Gasteiger partial charge in [-0.25, -0.2) is 0 Å². The fraction of sp³-hybridized carbons (Fsp3) is 0.308. The van der Waals surface area contributed by atoms with E-state index < -0.39 is 0 Å². The average Bonchev–Trinajstić information content (AvgIpc) is 2.76. The second-order valence-electron chi connectivity index (χ2n) is 4.13. The Morgan fingerprint density at radius 1 is 1.42 bits per heavy atom. The summed E-state index contributed by atoms with van der Waals surface area (Å²) in [5.74, 6) is 0. The van der Waals surface area contributed by atoms with Gasteiger partial charge in [-0.15, -0.1) is 0 Å². The van der Waals surface area contributed by atoms with E-state index in [1.807, 2.05) is 28.9 Å². The summed E-state index contributed by atoms with van der Waals surface area (Å²) in [6.45, 7) is 1.28. The van der Waals surface area contributed by atoms with Crippen LogP contribution in [0.2, 0.25) is 0 Å². The first-order valence-corrected chi connectivity index (χ1v) is 7.43. The normalized spacial score (nSPS) is 12.6. The van der Waals surface area contributed by atoms with Crippen LogP contribution in [0.3, 0.4) is 0 Å². The van der Waals surface area contributed by atoms with Crippen molar-refractivity contribution >= 4 is 31.9 Å². The fourth-order valence-electron chi connectivity index (χ4n) is 1.89. The van der Waals surface area contributed by atoms with Crippen LogP contribution < -0.4 is 5.73 Å². The molecule has 0 spiro atoms. The van der Waals surface area contributed by atoms with E-state index in [1.165, 1.54) is 0 Å². The van der Waals surface area contributed by atoms with Gasteiger partial charge in [0, 0.05) is 11.6 Å². The molecule has 0 bridgehead atoms. The molecule has 4 nitrogen and oxygen atoms in total. The number of nitrogens with two attached hydrogens (primary N) is 1. The first-order chi connectivity index (χ1) is 9.13. The molecule has 0 saturated heterocycles. The third-order valence-corrected chi connectivity index (χ3v) is 3.95. The van der Waals surface area contributed by atoms with Crippen LogP contribution in [0, 0.1) is 0 Å². The SMILES string of the molecule is COCCn1ncc(Br)c1C(N)c1cccc(Br)c1. The Balaban J connectivity index is 2.32. The smallest absolute Gasteiger partial charge is 0.0739 e. The number of aromatic nitrogens is 2. The van der Waals surface area contributed by atoms with Crippen molar-refractivity contribution in [3.63, 3.8) is 0 Å². The van der Waals surface area contributed by atoms with Crippen LogP contribution in [0.25, 0.3) is 0 Å². The molecule has 6 heteroatoms. The Bertz CT molecular complexity index is 557. The first kappa shape index (κ1) is 14.7. The van der Waals surface area contributed by atoms with Crippen molar-refractivity contribution in [3.05, 3.63) is 50.7 Å². The van der Waals surface area contributed by atoms with Crippen LogP contribution in [-0.4, -0.2) is 23.5 Å². The molecule has 1 heterocycles. The Morgan fingerprint density at radius 2 is 2.21 bits per heavy atom. The van der Waals surface area contributed by atoms with Crippen LogP contribution in [0.4, 0.5) is 0 Å². The molecule has 0 aliphatic rings. The maximum Gasteiger partial charge on any atom is 0.0739 e. The third-order valence-electron chi connectivity index (χ3n) is 2.84. The van der Waals surface area contributed by atoms with Gasteiger partial charge in [-0.2, -0.15) is 5.10 Å². The topological polar surface area (TPSA) is 53.1 Å². The summed E-state index contributed by atoms with van der Waals surface area (Å²) in [6, 6.07) is 7.75. The lowest BCUT2D eigenvalue weighted by Gasteiger charge is -2.15. The molecule has 1 atom stereocenters. The molecule has 1 unspecified atom stereocenters. The molecule has 1 aromatic carbocycles. The zero-order valence-electron chi connectivity index (χ0n) is 10.5. The molecule has 2 rings (SSSR count). The van der Waals surface area contributed by atoms with Gasteiger partial charge in [-0.05, 0) is 33.6 Å². The van der Waals surface area contributed by atoms with Gasteiger partial charge in [0.1, 0.15) is 0 Å². The van der Waals surface area contributed by atoms with Gasteiger partial charge in [0.2, 0.25) is 0 Å². The summed E-state index contributed by atoms with van der Waals surface area (Å²) in [4.78, 5) is 0. The first-order valence-electron chi connectivity index (χ1n) is 5.84. The lowest BCUT2D eigenvalue weighted by molar-refractivity contribution is 0.182. The maximum absolute atomic E-state index is 6.35. The molecule has 19 heavy (non-hydrogen) atoms. The molecule has 0 saturated carbocycles. The van der Waals surface area contributed by atoms with Gasteiger partial charge in [0.05, 0.1) is 35.6 Å². The van der Waals surface area contributed by atoms with Crippen LogP contribution in [0.1, 0.15) is 17.3 Å². The minimum Gasteiger partial charge on any atom is -0.383 e. The van der Waals surface area contributed by atoms with Gasteiger partial charge in [0.15, 0.2) is 0 Å². The second kappa shape index (κ2) is 6.65. The predicted molar refractivity (Wildman–Crippen MR) is 82.0 cm³/mol. The number of halogens is 2. The number of rotatable bonds is 5. The number of benzene rings is 1. The molecule has 0 amide bonds. The number of ether oxygens (including phenoxy) is 1. The lowest BCUT2D eigenvalue weighted by atomic mass is 10.0. The van der Waals surface area contributed by atoms with E-state index >= 15 is 0 Å². The van der Waals surface area contributed by atoms with Crippen molar-refractivity contribution in [3.8, 4) is 0 Å². The zero-order valence-corrected chi connectivity index (χ0v) is 13.7. The minimum absolute atomic E-state index is 0.230. The van der Waals surface area contributed by atoms with Gasteiger partial charge in [0.25, 0.3) is 0 Å². The molecule has 102 valence electrons. The van der Waals surface area contributed by atoms with E-state index in [2.05, 4.69) is 37.0 Å². The molecular weight excluding hydrogens is 374 g/mol. The Kier molecular flexibility index (Phi) is 5.15. The van der Waals surface area contributed by atoms with Crippen molar-refractivity contribution in [2.24, 2.45) is 5.73 Å². The van der Waals surface area contributed by atoms with Gasteiger partial charge < -0.3 is 10.5 Å². The second-order valence-corrected chi connectivity index (χ2v) is 5.90. The van der Waals surface area contributed by atoms with Crippen molar-refractivity contribution in [2.75, 3.05) is 13.7 Å². The summed E-state index contributed by atoms with van der Waals surface area (Å²) >= 11 is 6.97. The average molecular weight is 389 g/mol. The molecular formula is C13H15Br2N3O. The van der Waals surface area contributed by atoms with Gasteiger partial charge in [-0.3, -0.25) is 4.68 Å². The largest absolute Gasteiger partial charge is 0.383 e. The molecule has 0 aliphatic carbocycles. The van der Waals surface area contributed by atoms with E-state index in [0.29, 0.717) is 13.2 Å². The van der Waals surface area contributed by atoms with Crippen LogP contribution in [-0.2, 0) is 11.3 Å². The number of nitrogens with zero attached hydrogens (tertiary/aromatic N) is 2. The Hall–Kier alpha value is -0.690. The highest BCUT2D eigenvalue weighted by Crippen LogP contribution is 2.28. The lowest BCUT2D eigenvalue weighted by Crippen LogP contribution is -2.19. The Morgan fingerprint density at radius 3 is 2.89 bits per heavy atom. The Labute approximate surface area is 129 Å². The summed E-state index contributed by atoms with van der Waals surface area (Å²) in [6.07, 6.45) is 1.77. The highest BCUT2D eigenvalue weighted by Gasteiger charge is 2.18. The summed E-state index contributed by atoms with van der Waals surface area (Å²) < 4.78 is 8.89.